The van der Waals surface area contributed by atoms with Gasteiger partial charge in [0.2, 0.25) is 5.91 Å². The summed E-state index contributed by atoms with van der Waals surface area (Å²) in [5.74, 6) is 0.212. The second-order valence-corrected chi connectivity index (χ2v) is 6.50. The molecule has 0 aliphatic heterocycles. The molecule has 3 nitrogen and oxygen atoms in total. The van der Waals surface area contributed by atoms with E-state index in [9.17, 15) is 9.18 Å². The van der Waals surface area contributed by atoms with Gasteiger partial charge < -0.3 is 10.6 Å². The average molecular weight is 292 g/mol. The van der Waals surface area contributed by atoms with Gasteiger partial charge in [-0.1, -0.05) is 31.9 Å². The Hall–Kier alpha value is -1.42. The number of benzene rings is 1. The van der Waals surface area contributed by atoms with Gasteiger partial charge in [0, 0.05) is 7.05 Å². The zero-order valence-corrected chi connectivity index (χ0v) is 13.1. The molecule has 0 saturated heterocycles. The number of rotatable bonds is 3. The van der Waals surface area contributed by atoms with Gasteiger partial charge in [-0.25, -0.2) is 4.39 Å². The molecule has 0 aromatic heterocycles. The number of amides is 1. The normalized spacial score (nSPS) is 27.2. The van der Waals surface area contributed by atoms with Crippen LogP contribution in [0, 0.1) is 11.7 Å². The van der Waals surface area contributed by atoms with Crippen LogP contribution in [0.2, 0.25) is 0 Å². The molecule has 3 unspecified atom stereocenters. The Morgan fingerprint density at radius 2 is 2.05 bits per heavy atom. The highest BCUT2D eigenvalue weighted by Gasteiger charge is 2.40. The van der Waals surface area contributed by atoms with Crippen LogP contribution in [0.3, 0.4) is 0 Å². The standard InChI is InChI=1S/C17H25FN2O/c1-12-5-4-10-17(19,11-12)16(21)20(3)13(2)14-6-8-15(18)9-7-14/h6-9,12-13H,4-5,10-11,19H2,1-3H3. The van der Waals surface area contributed by atoms with Crippen LogP contribution in [0.15, 0.2) is 24.3 Å². The number of hydrogen-bond acceptors (Lipinski definition) is 2. The zero-order valence-electron chi connectivity index (χ0n) is 13.1. The van der Waals surface area contributed by atoms with E-state index >= 15 is 0 Å². The molecule has 1 aromatic carbocycles. The second-order valence-electron chi connectivity index (χ2n) is 6.50. The van der Waals surface area contributed by atoms with Crippen molar-refractivity contribution in [1.29, 1.82) is 0 Å². The van der Waals surface area contributed by atoms with Crippen molar-refractivity contribution in [1.82, 2.24) is 4.90 Å². The van der Waals surface area contributed by atoms with Gasteiger partial charge in [-0.05, 0) is 43.4 Å². The minimum atomic E-state index is -0.749. The molecule has 116 valence electrons. The topological polar surface area (TPSA) is 46.3 Å². The molecule has 2 rings (SSSR count). The lowest BCUT2D eigenvalue weighted by atomic mass is 9.76. The maximum atomic E-state index is 13.0. The Kier molecular flexibility index (Phi) is 4.67. The van der Waals surface area contributed by atoms with Crippen molar-refractivity contribution < 1.29 is 9.18 Å². The summed E-state index contributed by atoms with van der Waals surface area (Å²) in [6, 6.07) is 6.17. The van der Waals surface area contributed by atoms with Crippen molar-refractivity contribution >= 4 is 5.91 Å². The molecule has 1 amide bonds. The van der Waals surface area contributed by atoms with Crippen LogP contribution in [0.5, 0.6) is 0 Å². The number of carbonyl (C=O) groups is 1. The molecule has 1 aromatic rings. The summed E-state index contributed by atoms with van der Waals surface area (Å²) in [4.78, 5) is 14.5. The molecule has 0 heterocycles. The Balaban J connectivity index is 2.12. The quantitative estimate of drug-likeness (QED) is 0.929. The summed E-state index contributed by atoms with van der Waals surface area (Å²) in [6.45, 7) is 4.10. The molecular formula is C17H25FN2O. The van der Waals surface area contributed by atoms with Gasteiger partial charge in [-0.15, -0.1) is 0 Å². The molecule has 0 bridgehead atoms. The lowest BCUT2D eigenvalue weighted by molar-refractivity contribution is -0.139. The summed E-state index contributed by atoms with van der Waals surface area (Å²) >= 11 is 0. The van der Waals surface area contributed by atoms with Crippen molar-refractivity contribution in [3.05, 3.63) is 35.6 Å². The van der Waals surface area contributed by atoms with Crippen LogP contribution in [0.4, 0.5) is 4.39 Å². The van der Waals surface area contributed by atoms with E-state index in [4.69, 9.17) is 5.73 Å². The molecular weight excluding hydrogens is 267 g/mol. The maximum Gasteiger partial charge on any atom is 0.242 e. The van der Waals surface area contributed by atoms with Crippen molar-refractivity contribution in [2.24, 2.45) is 11.7 Å². The first-order valence-corrected chi connectivity index (χ1v) is 7.65. The van der Waals surface area contributed by atoms with E-state index in [0.717, 1.165) is 31.2 Å². The number of nitrogens with zero attached hydrogens (tertiary/aromatic N) is 1. The zero-order chi connectivity index (χ0) is 15.6. The SMILES string of the molecule is CC1CCCC(N)(C(=O)N(C)C(C)c2ccc(F)cc2)C1. The maximum absolute atomic E-state index is 13.0. The Morgan fingerprint density at radius 3 is 2.62 bits per heavy atom. The number of likely N-dealkylation sites (N-methyl/N-ethyl adjacent to an activating group) is 1. The predicted molar refractivity (Wildman–Crippen MR) is 82.1 cm³/mol. The molecule has 0 radical (unpaired) electrons. The van der Waals surface area contributed by atoms with E-state index < -0.39 is 5.54 Å². The Morgan fingerprint density at radius 1 is 1.43 bits per heavy atom. The van der Waals surface area contributed by atoms with Gasteiger partial charge in [-0.3, -0.25) is 4.79 Å². The summed E-state index contributed by atoms with van der Waals surface area (Å²) in [7, 11) is 1.78. The van der Waals surface area contributed by atoms with Gasteiger partial charge in [0.15, 0.2) is 0 Å². The molecule has 0 spiro atoms. The highest BCUT2D eigenvalue weighted by molar-refractivity contribution is 5.86. The lowest BCUT2D eigenvalue weighted by Gasteiger charge is -2.39. The van der Waals surface area contributed by atoms with Gasteiger partial charge in [-0.2, -0.15) is 0 Å². The largest absolute Gasteiger partial charge is 0.337 e. The van der Waals surface area contributed by atoms with Crippen LogP contribution >= 0.6 is 0 Å². The highest BCUT2D eigenvalue weighted by Crippen LogP contribution is 2.33. The first-order chi connectivity index (χ1) is 9.83. The van der Waals surface area contributed by atoms with Gasteiger partial charge in [0.05, 0.1) is 11.6 Å². The molecule has 2 N–H and O–H groups in total. The predicted octanol–water partition coefficient (Wildman–Crippen LogP) is 3.25. The number of halogens is 1. The van der Waals surface area contributed by atoms with E-state index in [1.165, 1.54) is 12.1 Å². The van der Waals surface area contributed by atoms with Crippen LogP contribution in [-0.4, -0.2) is 23.4 Å². The summed E-state index contributed by atoms with van der Waals surface area (Å²) < 4.78 is 13.0. The third-order valence-corrected chi connectivity index (χ3v) is 4.71. The number of hydrogen-bond donors (Lipinski definition) is 1. The fourth-order valence-corrected chi connectivity index (χ4v) is 3.28. The Bertz CT molecular complexity index is 502. The summed E-state index contributed by atoms with van der Waals surface area (Å²) in [5, 5.41) is 0. The minimum absolute atomic E-state index is 0.00845. The minimum Gasteiger partial charge on any atom is -0.337 e. The first kappa shape index (κ1) is 16.0. The van der Waals surface area contributed by atoms with E-state index in [1.807, 2.05) is 6.92 Å². The number of carbonyl (C=O) groups excluding carboxylic acids is 1. The first-order valence-electron chi connectivity index (χ1n) is 7.65. The van der Waals surface area contributed by atoms with Gasteiger partial charge in [0.25, 0.3) is 0 Å². The van der Waals surface area contributed by atoms with E-state index in [0.29, 0.717) is 5.92 Å². The fraction of sp³-hybridized carbons (Fsp3) is 0.588. The summed E-state index contributed by atoms with van der Waals surface area (Å²) in [6.07, 6.45) is 3.63. The fourth-order valence-electron chi connectivity index (χ4n) is 3.28. The Labute approximate surface area is 126 Å². The average Bonchev–Trinajstić information content (AvgIpc) is 2.45. The van der Waals surface area contributed by atoms with Crippen LogP contribution in [0.1, 0.15) is 51.1 Å². The van der Waals surface area contributed by atoms with E-state index in [1.54, 1.807) is 24.1 Å². The third kappa shape index (κ3) is 3.43. The van der Waals surface area contributed by atoms with Crippen molar-refractivity contribution in [3.63, 3.8) is 0 Å². The summed E-state index contributed by atoms with van der Waals surface area (Å²) in [5.41, 5.74) is 6.55. The van der Waals surface area contributed by atoms with Crippen molar-refractivity contribution in [3.8, 4) is 0 Å². The molecule has 21 heavy (non-hydrogen) atoms. The molecule has 1 aliphatic carbocycles. The van der Waals surface area contributed by atoms with Crippen LogP contribution < -0.4 is 5.73 Å². The second kappa shape index (κ2) is 6.14. The highest BCUT2D eigenvalue weighted by atomic mass is 19.1. The molecule has 3 atom stereocenters. The third-order valence-electron chi connectivity index (χ3n) is 4.71. The number of nitrogens with two attached hydrogens (primary N) is 1. The van der Waals surface area contributed by atoms with E-state index in [2.05, 4.69) is 6.92 Å². The van der Waals surface area contributed by atoms with Gasteiger partial charge in [0.1, 0.15) is 5.82 Å². The van der Waals surface area contributed by atoms with Crippen LogP contribution in [-0.2, 0) is 4.79 Å². The lowest BCUT2D eigenvalue weighted by Crippen LogP contribution is -2.56. The van der Waals surface area contributed by atoms with Crippen molar-refractivity contribution in [2.45, 2.75) is 51.1 Å². The smallest absolute Gasteiger partial charge is 0.242 e. The van der Waals surface area contributed by atoms with Crippen molar-refractivity contribution in [2.75, 3.05) is 7.05 Å². The van der Waals surface area contributed by atoms with Gasteiger partial charge >= 0.3 is 0 Å². The molecule has 4 heteroatoms. The molecule has 1 aliphatic rings. The van der Waals surface area contributed by atoms with E-state index in [-0.39, 0.29) is 17.8 Å². The molecule has 1 fully saturated rings. The van der Waals surface area contributed by atoms with Crippen LogP contribution in [0.25, 0.3) is 0 Å². The molecule has 1 saturated carbocycles. The monoisotopic (exact) mass is 292 g/mol.